The van der Waals surface area contributed by atoms with Crippen molar-refractivity contribution in [2.24, 2.45) is 0 Å². The fourth-order valence-electron chi connectivity index (χ4n) is 5.06. The van der Waals surface area contributed by atoms with Crippen molar-refractivity contribution in [3.63, 3.8) is 0 Å². The molecule has 5 rings (SSSR count). The first-order chi connectivity index (χ1) is 16.8. The summed E-state index contributed by atoms with van der Waals surface area (Å²) in [7, 11) is 1.34. The molecule has 0 saturated heterocycles. The molecule has 1 saturated carbocycles. The molecule has 5 nitrogen and oxygen atoms in total. The maximum atomic E-state index is 14.7. The van der Waals surface area contributed by atoms with Crippen LogP contribution in [0.5, 0.6) is 0 Å². The van der Waals surface area contributed by atoms with Crippen LogP contribution in [-0.2, 0) is 16.7 Å². The van der Waals surface area contributed by atoms with Crippen LogP contribution in [0.3, 0.4) is 0 Å². The number of fused-ring (bicyclic) bond motifs is 2. The average molecular weight is 473 g/mol. The predicted molar refractivity (Wildman–Crippen MR) is 133 cm³/mol. The summed E-state index contributed by atoms with van der Waals surface area (Å²) >= 11 is 0. The zero-order valence-electron chi connectivity index (χ0n) is 20.2. The van der Waals surface area contributed by atoms with Crippen LogP contribution in [0, 0.1) is 12.7 Å². The Labute approximate surface area is 204 Å². The predicted octanol–water partition coefficient (Wildman–Crippen LogP) is 5.46. The molecule has 1 spiro atoms. The Kier molecular flexibility index (Phi) is 5.83. The first kappa shape index (κ1) is 23.1. The van der Waals surface area contributed by atoms with E-state index in [1.165, 1.54) is 18.7 Å². The van der Waals surface area contributed by atoms with Gasteiger partial charge < -0.3 is 15.0 Å². The Balaban J connectivity index is 1.42. The Morgan fingerprint density at radius 3 is 2.40 bits per heavy atom. The molecule has 1 aliphatic carbocycles. The van der Waals surface area contributed by atoms with E-state index >= 15 is 0 Å². The van der Waals surface area contributed by atoms with Crippen LogP contribution in [0.15, 0.2) is 60.7 Å². The molecule has 1 N–H and O–H groups in total. The fraction of sp³-hybridized carbons (Fsp3) is 0.310. The van der Waals surface area contributed by atoms with Gasteiger partial charge in [0.1, 0.15) is 5.82 Å². The molecule has 0 unspecified atom stereocenters. The van der Waals surface area contributed by atoms with E-state index in [1.54, 1.807) is 30.3 Å². The first-order valence-electron chi connectivity index (χ1n) is 11.9. The number of hydrogen-bond donors (Lipinski definition) is 1. The number of halogens is 1. The molecule has 1 fully saturated rings. The molecule has 180 valence electrons. The number of nitrogens with one attached hydrogen (secondary N) is 1. The van der Waals surface area contributed by atoms with E-state index in [-0.39, 0.29) is 23.2 Å². The molecule has 3 aromatic carbocycles. The highest BCUT2D eigenvalue weighted by Crippen LogP contribution is 2.57. The lowest BCUT2D eigenvalue weighted by molar-refractivity contribution is 0.0600. The first-order valence-corrected chi connectivity index (χ1v) is 11.9. The third-order valence-corrected chi connectivity index (χ3v) is 7.23. The van der Waals surface area contributed by atoms with Gasteiger partial charge in [0.2, 0.25) is 0 Å². The van der Waals surface area contributed by atoms with Gasteiger partial charge in [0.05, 0.1) is 30.0 Å². The molecule has 6 heteroatoms. The lowest BCUT2D eigenvalue weighted by atomic mass is 9.95. The normalized spacial score (nSPS) is 16.1. The number of methoxy groups -OCH3 is 1. The van der Waals surface area contributed by atoms with Crippen LogP contribution >= 0.6 is 0 Å². The smallest absolute Gasteiger partial charge is 0.337 e. The summed E-state index contributed by atoms with van der Waals surface area (Å²) in [6, 6.07) is 17.9. The van der Waals surface area contributed by atoms with E-state index in [0.29, 0.717) is 17.7 Å². The molecule has 1 aliphatic heterocycles. The second-order valence-electron chi connectivity index (χ2n) is 9.78. The van der Waals surface area contributed by atoms with E-state index < -0.39 is 5.97 Å². The van der Waals surface area contributed by atoms with Gasteiger partial charge in [0, 0.05) is 18.5 Å². The number of aryl methyl sites for hydroxylation is 1. The molecule has 3 aromatic rings. The molecular formula is C29H29FN2O3. The van der Waals surface area contributed by atoms with E-state index in [9.17, 15) is 14.0 Å². The highest BCUT2D eigenvalue weighted by molar-refractivity contribution is 6.02. The van der Waals surface area contributed by atoms with Gasteiger partial charge in [-0.2, -0.15) is 0 Å². The van der Waals surface area contributed by atoms with Crippen molar-refractivity contribution in [1.82, 2.24) is 5.32 Å². The Hall–Kier alpha value is -3.67. The number of amides is 1. The maximum Gasteiger partial charge on any atom is 0.337 e. The van der Waals surface area contributed by atoms with Gasteiger partial charge in [-0.1, -0.05) is 42.0 Å². The van der Waals surface area contributed by atoms with E-state index in [0.717, 1.165) is 41.8 Å². The largest absolute Gasteiger partial charge is 0.465 e. The minimum atomic E-state index is -0.411. The molecule has 1 heterocycles. The lowest BCUT2D eigenvalue weighted by Gasteiger charge is -2.23. The zero-order valence-corrected chi connectivity index (χ0v) is 20.2. The molecule has 1 amide bonds. The number of carbonyl (C=O) groups is 2. The SMILES string of the molecule is COC(=O)c1ccc([C@H](C)NC(=O)c2cc(F)cc3c2N(Cc2ccc(C)cc2)CC32CC2)cc1. The standard InChI is InChI=1S/C29H29FN2O3/c1-18-4-6-20(7-5-18)16-32-17-29(12-13-29)25-15-23(30)14-24(26(25)32)27(33)31-19(2)21-8-10-22(11-9-21)28(34)35-3/h4-11,14-15,19H,12-13,16-17H2,1-3H3,(H,31,33)/t19-/m0/s1. The van der Waals surface area contributed by atoms with Crippen LogP contribution in [0.2, 0.25) is 0 Å². The van der Waals surface area contributed by atoms with Gasteiger partial charge in [-0.3, -0.25) is 4.79 Å². The zero-order chi connectivity index (χ0) is 24.7. The topological polar surface area (TPSA) is 58.6 Å². The minimum absolute atomic E-state index is 0.0491. The van der Waals surface area contributed by atoms with E-state index in [1.807, 2.05) is 6.92 Å². The number of rotatable bonds is 6. The molecule has 0 aromatic heterocycles. The number of nitrogens with zero attached hydrogens (tertiary/aromatic N) is 1. The quantitative estimate of drug-likeness (QED) is 0.484. The van der Waals surface area contributed by atoms with Crippen LogP contribution in [-0.4, -0.2) is 25.5 Å². The van der Waals surface area contributed by atoms with E-state index in [2.05, 4.69) is 41.4 Å². The van der Waals surface area contributed by atoms with Crippen molar-refractivity contribution in [2.75, 3.05) is 18.6 Å². The Bertz CT molecular complexity index is 1280. The number of benzene rings is 3. The minimum Gasteiger partial charge on any atom is -0.465 e. The highest BCUT2D eigenvalue weighted by Gasteiger charge is 2.53. The molecule has 0 radical (unpaired) electrons. The van der Waals surface area contributed by atoms with Gasteiger partial charge in [-0.15, -0.1) is 0 Å². The second kappa shape index (κ2) is 8.84. The molecule has 2 aliphatic rings. The maximum absolute atomic E-state index is 14.7. The van der Waals surface area contributed by atoms with Crippen molar-refractivity contribution in [2.45, 2.75) is 44.7 Å². The Morgan fingerprint density at radius 1 is 1.09 bits per heavy atom. The molecular weight excluding hydrogens is 443 g/mol. The van der Waals surface area contributed by atoms with Crippen molar-refractivity contribution in [3.8, 4) is 0 Å². The van der Waals surface area contributed by atoms with Crippen molar-refractivity contribution < 1.29 is 18.7 Å². The number of ether oxygens (including phenoxy) is 1. The van der Waals surface area contributed by atoms with Crippen LogP contribution in [0.1, 0.15) is 68.8 Å². The summed E-state index contributed by atoms with van der Waals surface area (Å²) < 4.78 is 19.5. The lowest BCUT2D eigenvalue weighted by Crippen LogP contribution is -2.30. The van der Waals surface area contributed by atoms with Crippen molar-refractivity contribution in [1.29, 1.82) is 0 Å². The van der Waals surface area contributed by atoms with Gasteiger partial charge in [0.25, 0.3) is 5.91 Å². The fourth-order valence-corrected chi connectivity index (χ4v) is 5.06. The third-order valence-electron chi connectivity index (χ3n) is 7.23. The van der Waals surface area contributed by atoms with Gasteiger partial charge in [-0.05, 0) is 67.6 Å². The number of anilines is 1. The van der Waals surface area contributed by atoms with Crippen molar-refractivity contribution >= 4 is 17.6 Å². The van der Waals surface area contributed by atoms with Gasteiger partial charge in [0.15, 0.2) is 0 Å². The van der Waals surface area contributed by atoms with Gasteiger partial charge >= 0.3 is 5.97 Å². The summed E-state index contributed by atoms with van der Waals surface area (Å²) in [5, 5.41) is 3.02. The van der Waals surface area contributed by atoms with E-state index in [4.69, 9.17) is 4.74 Å². The highest BCUT2D eigenvalue weighted by atomic mass is 19.1. The molecule has 0 bridgehead atoms. The average Bonchev–Trinajstić information content (AvgIpc) is 3.58. The third kappa shape index (κ3) is 4.41. The Morgan fingerprint density at radius 2 is 1.77 bits per heavy atom. The summed E-state index contributed by atoms with van der Waals surface area (Å²) in [6.07, 6.45) is 2.02. The number of carbonyl (C=O) groups excluding carboxylic acids is 2. The van der Waals surface area contributed by atoms with Crippen LogP contribution in [0.25, 0.3) is 0 Å². The number of hydrogen-bond acceptors (Lipinski definition) is 4. The van der Waals surface area contributed by atoms with Crippen LogP contribution < -0.4 is 10.2 Å². The summed E-state index contributed by atoms with van der Waals surface area (Å²) in [6.45, 7) is 5.40. The molecule has 1 atom stereocenters. The monoisotopic (exact) mass is 472 g/mol. The van der Waals surface area contributed by atoms with Crippen molar-refractivity contribution in [3.05, 3.63) is 99.9 Å². The summed E-state index contributed by atoms with van der Waals surface area (Å²) in [5.74, 6) is -1.10. The number of esters is 1. The summed E-state index contributed by atoms with van der Waals surface area (Å²) in [5.41, 5.74) is 5.76. The van der Waals surface area contributed by atoms with Gasteiger partial charge in [-0.25, -0.2) is 9.18 Å². The molecule has 35 heavy (non-hydrogen) atoms. The van der Waals surface area contributed by atoms with Crippen LogP contribution in [0.4, 0.5) is 10.1 Å². The summed E-state index contributed by atoms with van der Waals surface area (Å²) in [4.78, 5) is 27.4. The second-order valence-corrected chi connectivity index (χ2v) is 9.78.